The molecule has 0 fully saturated rings. The molecule has 0 aliphatic heterocycles. The predicted molar refractivity (Wildman–Crippen MR) is 73.7 cm³/mol. The number of unbranched alkanes of at least 4 members (excludes halogenated alkanes) is 1. The summed E-state index contributed by atoms with van der Waals surface area (Å²) in [6.45, 7) is 4.95. The van der Waals surface area contributed by atoms with Gasteiger partial charge >= 0.3 is 0 Å². The standard InChI is InChI=1S/C15H23NO2/c1-3-5-9-18-14-8-6-7-13(10-14)12(4-2)11-15(16)17/h6-8,10,12H,3-5,9,11H2,1-2H3,(H2,16,17)/t12-/m1/s1. The number of rotatable bonds is 8. The van der Waals surface area contributed by atoms with Gasteiger partial charge in [0.05, 0.1) is 6.61 Å². The van der Waals surface area contributed by atoms with Gasteiger partial charge in [0, 0.05) is 6.42 Å². The SMILES string of the molecule is CCCCOc1cccc([C@H](CC)CC(N)=O)c1. The van der Waals surface area contributed by atoms with E-state index < -0.39 is 0 Å². The fourth-order valence-electron chi connectivity index (χ4n) is 1.93. The molecule has 0 aliphatic rings. The van der Waals surface area contributed by atoms with Crippen LogP contribution in [-0.4, -0.2) is 12.5 Å². The van der Waals surface area contributed by atoms with Gasteiger partial charge in [-0.2, -0.15) is 0 Å². The number of carbonyl (C=O) groups excluding carboxylic acids is 1. The van der Waals surface area contributed by atoms with Crippen LogP contribution in [0.3, 0.4) is 0 Å². The minimum atomic E-state index is -0.251. The Morgan fingerprint density at radius 1 is 1.39 bits per heavy atom. The molecule has 18 heavy (non-hydrogen) atoms. The molecule has 0 aromatic heterocycles. The number of carbonyl (C=O) groups is 1. The number of hydrogen-bond acceptors (Lipinski definition) is 2. The summed E-state index contributed by atoms with van der Waals surface area (Å²) in [6.07, 6.45) is 3.48. The van der Waals surface area contributed by atoms with Crippen LogP contribution in [-0.2, 0) is 4.79 Å². The van der Waals surface area contributed by atoms with Crippen molar-refractivity contribution in [3.05, 3.63) is 29.8 Å². The van der Waals surface area contributed by atoms with E-state index in [1.165, 1.54) is 0 Å². The highest BCUT2D eigenvalue weighted by Gasteiger charge is 2.12. The van der Waals surface area contributed by atoms with Crippen LogP contribution in [0.2, 0.25) is 0 Å². The van der Waals surface area contributed by atoms with Crippen LogP contribution in [0.25, 0.3) is 0 Å². The summed E-state index contributed by atoms with van der Waals surface area (Å²) in [6, 6.07) is 7.98. The second kappa shape index (κ2) is 7.75. The van der Waals surface area contributed by atoms with Crippen molar-refractivity contribution in [2.75, 3.05) is 6.61 Å². The number of hydrogen-bond donors (Lipinski definition) is 1. The summed E-state index contributed by atoms with van der Waals surface area (Å²) in [5.74, 6) is 0.820. The van der Waals surface area contributed by atoms with Crippen molar-refractivity contribution in [1.82, 2.24) is 0 Å². The van der Waals surface area contributed by atoms with E-state index in [0.29, 0.717) is 6.42 Å². The lowest BCUT2D eigenvalue weighted by Gasteiger charge is -2.15. The first-order valence-corrected chi connectivity index (χ1v) is 6.68. The van der Waals surface area contributed by atoms with Gasteiger partial charge in [-0.15, -0.1) is 0 Å². The van der Waals surface area contributed by atoms with E-state index in [1.807, 2.05) is 24.3 Å². The zero-order valence-electron chi connectivity index (χ0n) is 11.3. The van der Waals surface area contributed by atoms with Crippen molar-refractivity contribution in [1.29, 1.82) is 0 Å². The molecule has 2 N–H and O–H groups in total. The topological polar surface area (TPSA) is 52.3 Å². The minimum absolute atomic E-state index is 0.192. The smallest absolute Gasteiger partial charge is 0.218 e. The van der Waals surface area contributed by atoms with E-state index in [2.05, 4.69) is 13.8 Å². The zero-order chi connectivity index (χ0) is 13.4. The predicted octanol–water partition coefficient (Wildman–Crippen LogP) is 3.23. The summed E-state index contributed by atoms with van der Waals surface area (Å²) in [4.78, 5) is 11.0. The Hall–Kier alpha value is -1.51. The van der Waals surface area contributed by atoms with Gasteiger partial charge in [0.15, 0.2) is 0 Å². The summed E-state index contributed by atoms with van der Waals surface area (Å²) >= 11 is 0. The van der Waals surface area contributed by atoms with Crippen molar-refractivity contribution in [2.24, 2.45) is 5.73 Å². The highest BCUT2D eigenvalue weighted by atomic mass is 16.5. The van der Waals surface area contributed by atoms with E-state index in [-0.39, 0.29) is 11.8 Å². The van der Waals surface area contributed by atoms with Gasteiger partial charge in [-0.1, -0.05) is 32.4 Å². The Kier molecular flexibility index (Phi) is 6.26. The monoisotopic (exact) mass is 249 g/mol. The lowest BCUT2D eigenvalue weighted by atomic mass is 9.93. The molecule has 0 saturated carbocycles. The van der Waals surface area contributed by atoms with Crippen LogP contribution in [0.15, 0.2) is 24.3 Å². The van der Waals surface area contributed by atoms with Gasteiger partial charge in [0.1, 0.15) is 5.75 Å². The first-order valence-electron chi connectivity index (χ1n) is 6.68. The van der Waals surface area contributed by atoms with E-state index >= 15 is 0 Å². The first-order chi connectivity index (χ1) is 8.67. The number of nitrogens with two attached hydrogens (primary N) is 1. The third-order valence-electron chi connectivity index (χ3n) is 3.04. The largest absolute Gasteiger partial charge is 0.494 e. The average molecular weight is 249 g/mol. The number of primary amides is 1. The summed E-state index contributed by atoms with van der Waals surface area (Å²) in [7, 11) is 0. The molecule has 1 aromatic carbocycles. The first kappa shape index (κ1) is 14.6. The molecular formula is C15H23NO2. The minimum Gasteiger partial charge on any atom is -0.494 e. The molecule has 0 aliphatic carbocycles. The van der Waals surface area contributed by atoms with E-state index in [1.54, 1.807) is 0 Å². The Morgan fingerprint density at radius 3 is 2.78 bits per heavy atom. The summed E-state index contributed by atoms with van der Waals surface area (Å²) < 4.78 is 5.67. The van der Waals surface area contributed by atoms with Crippen LogP contribution in [0.1, 0.15) is 51.0 Å². The van der Waals surface area contributed by atoms with Crippen molar-refractivity contribution < 1.29 is 9.53 Å². The van der Waals surface area contributed by atoms with Gasteiger partial charge in [0.2, 0.25) is 5.91 Å². The normalized spacial score (nSPS) is 12.1. The summed E-state index contributed by atoms with van der Waals surface area (Å²) in [5.41, 5.74) is 6.40. The van der Waals surface area contributed by atoms with E-state index in [4.69, 9.17) is 10.5 Å². The molecule has 0 radical (unpaired) electrons. The molecule has 100 valence electrons. The maximum Gasteiger partial charge on any atom is 0.218 e. The zero-order valence-corrected chi connectivity index (χ0v) is 11.3. The average Bonchev–Trinajstić information content (AvgIpc) is 2.36. The van der Waals surface area contributed by atoms with E-state index in [9.17, 15) is 4.79 Å². The van der Waals surface area contributed by atoms with Gasteiger partial charge in [-0.3, -0.25) is 4.79 Å². The fourth-order valence-corrected chi connectivity index (χ4v) is 1.93. The second-order valence-corrected chi connectivity index (χ2v) is 4.55. The molecule has 1 amide bonds. The number of ether oxygens (including phenoxy) is 1. The molecule has 1 atom stereocenters. The molecule has 3 nitrogen and oxygen atoms in total. The van der Waals surface area contributed by atoms with Crippen molar-refractivity contribution in [3.8, 4) is 5.75 Å². The van der Waals surface area contributed by atoms with Crippen molar-refractivity contribution in [3.63, 3.8) is 0 Å². The molecule has 1 aromatic rings. The van der Waals surface area contributed by atoms with Gasteiger partial charge in [-0.05, 0) is 36.5 Å². The fraction of sp³-hybridized carbons (Fsp3) is 0.533. The summed E-state index contributed by atoms with van der Waals surface area (Å²) in [5, 5.41) is 0. The second-order valence-electron chi connectivity index (χ2n) is 4.55. The van der Waals surface area contributed by atoms with Gasteiger partial charge in [-0.25, -0.2) is 0 Å². The quantitative estimate of drug-likeness (QED) is 0.719. The molecule has 1 rings (SSSR count). The molecule has 0 bridgehead atoms. The molecule has 0 spiro atoms. The van der Waals surface area contributed by atoms with E-state index in [0.717, 1.165) is 37.2 Å². The van der Waals surface area contributed by atoms with Crippen molar-refractivity contribution in [2.45, 2.75) is 45.4 Å². The van der Waals surface area contributed by atoms with Gasteiger partial charge < -0.3 is 10.5 Å². The molecule has 0 heterocycles. The van der Waals surface area contributed by atoms with Gasteiger partial charge in [0.25, 0.3) is 0 Å². The Bertz CT molecular complexity index is 377. The highest BCUT2D eigenvalue weighted by molar-refractivity contribution is 5.74. The Balaban J connectivity index is 2.69. The van der Waals surface area contributed by atoms with Crippen molar-refractivity contribution >= 4 is 5.91 Å². The third-order valence-corrected chi connectivity index (χ3v) is 3.04. The molecule has 0 unspecified atom stereocenters. The van der Waals surface area contributed by atoms with Crippen LogP contribution >= 0.6 is 0 Å². The Morgan fingerprint density at radius 2 is 2.17 bits per heavy atom. The van der Waals surface area contributed by atoms with Crippen LogP contribution < -0.4 is 10.5 Å². The lowest BCUT2D eigenvalue weighted by molar-refractivity contribution is -0.118. The Labute approximate surface area is 109 Å². The maximum atomic E-state index is 11.0. The van der Waals surface area contributed by atoms with Crippen LogP contribution in [0.5, 0.6) is 5.75 Å². The maximum absolute atomic E-state index is 11.0. The molecule has 3 heteroatoms. The number of benzene rings is 1. The van der Waals surface area contributed by atoms with Crippen LogP contribution in [0, 0.1) is 0 Å². The lowest BCUT2D eigenvalue weighted by Crippen LogP contribution is -2.15. The van der Waals surface area contributed by atoms with Crippen LogP contribution in [0.4, 0.5) is 0 Å². The highest BCUT2D eigenvalue weighted by Crippen LogP contribution is 2.26. The molecule has 0 saturated heterocycles. The third kappa shape index (κ3) is 4.78. The number of amides is 1. The molecular weight excluding hydrogens is 226 g/mol.